The lowest BCUT2D eigenvalue weighted by Gasteiger charge is -2.34. The molecule has 2 aliphatic heterocycles. The molecule has 0 aromatic carbocycles. The smallest absolute Gasteiger partial charge is 0.223 e. The van der Waals surface area contributed by atoms with Crippen molar-refractivity contribution in [2.75, 3.05) is 6.61 Å². The highest BCUT2D eigenvalue weighted by Gasteiger charge is 2.55. The average molecular weight is 291 g/mol. The Balaban J connectivity index is 1.67. The fourth-order valence-corrected chi connectivity index (χ4v) is 4.34. The summed E-state index contributed by atoms with van der Waals surface area (Å²) in [5, 5.41) is 13.9. The second-order valence-corrected chi connectivity index (χ2v) is 6.57. The van der Waals surface area contributed by atoms with Gasteiger partial charge in [-0.3, -0.25) is 9.48 Å². The Morgan fingerprint density at radius 2 is 2.33 bits per heavy atom. The van der Waals surface area contributed by atoms with E-state index in [0.29, 0.717) is 12.5 Å². The lowest BCUT2D eigenvalue weighted by atomic mass is 9.72. The van der Waals surface area contributed by atoms with Crippen LogP contribution < -0.4 is 0 Å². The molecule has 2 bridgehead atoms. The maximum absolute atomic E-state index is 12.6. The van der Waals surface area contributed by atoms with Gasteiger partial charge in [0.15, 0.2) is 0 Å². The number of carbonyl (C=O) groups excluding carboxylic acids is 1. The van der Waals surface area contributed by atoms with Gasteiger partial charge < -0.3 is 10.0 Å². The number of aliphatic hydroxyl groups is 1. The lowest BCUT2D eigenvalue weighted by molar-refractivity contribution is -0.133. The predicted octanol–water partition coefficient (Wildman–Crippen LogP) is 1.50. The first-order valence-electron chi connectivity index (χ1n) is 8.00. The summed E-state index contributed by atoms with van der Waals surface area (Å²) >= 11 is 0. The van der Waals surface area contributed by atoms with Crippen molar-refractivity contribution in [3.8, 4) is 0 Å². The third-order valence-corrected chi connectivity index (χ3v) is 5.68. The highest BCUT2D eigenvalue weighted by Crippen LogP contribution is 2.51. The molecule has 3 rings (SSSR count). The van der Waals surface area contributed by atoms with E-state index in [0.717, 1.165) is 37.8 Å². The monoisotopic (exact) mass is 291 g/mol. The van der Waals surface area contributed by atoms with Crippen molar-refractivity contribution in [1.82, 2.24) is 14.7 Å². The van der Waals surface area contributed by atoms with Gasteiger partial charge in [-0.15, -0.1) is 0 Å². The molecule has 0 aliphatic carbocycles. The van der Waals surface area contributed by atoms with E-state index in [1.165, 1.54) is 0 Å². The summed E-state index contributed by atoms with van der Waals surface area (Å²) in [6, 6.07) is 2.56. The number of aliphatic hydroxyl groups excluding tert-OH is 1. The van der Waals surface area contributed by atoms with Crippen LogP contribution in [-0.2, 0) is 18.3 Å². The zero-order valence-corrected chi connectivity index (χ0v) is 13.0. The van der Waals surface area contributed by atoms with Gasteiger partial charge in [0, 0.05) is 42.9 Å². The molecule has 2 saturated heterocycles. The maximum Gasteiger partial charge on any atom is 0.223 e. The van der Waals surface area contributed by atoms with Gasteiger partial charge in [0.05, 0.1) is 6.61 Å². The van der Waals surface area contributed by atoms with E-state index in [1.54, 1.807) is 6.20 Å². The van der Waals surface area contributed by atoms with Crippen LogP contribution in [0.1, 0.15) is 44.7 Å². The number of amides is 1. The largest absolute Gasteiger partial charge is 0.396 e. The van der Waals surface area contributed by atoms with E-state index in [-0.39, 0.29) is 24.0 Å². The SMILES string of the molecule is CC[C@]1(CO)C[C@H]2CC[C@@H]1N2C(=O)CCc1ccnn1C. The van der Waals surface area contributed by atoms with Crippen molar-refractivity contribution in [1.29, 1.82) is 0 Å². The first-order valence-corrected chi connectivity index (χ1v) is 8.00. The molecule has 21 heavy (non-hydrogen) atoms. The van der Waals surface area contributed by atoms with Crippen LogP contribution in [0.3, 0.4) is 0 Å². The number of nitrogens with zero attached hydrogens (tertiary/aromatic N) is 3. The second-order valence-electron chi connectivity index (χ2n) is 6.57. The van der Waals surface area contributed by atoms with E-state index >= 15 is 0 Å². The molecule has 0 unspecified atom stereocenters. The molecule has 1 aromatic rings. The van der Waals surface area contributed by atoms with Crippen molar-refractivity contribution < 1.29 is 9.90 Å². The number of aromatic nitrogens is 2. The van der Waals surface area contributed by atoms with Gasteiger partial charge in [-0.25, -0.2) is 0 Å². The molecular formula is C16H25N3O2. The minimum atomic E-state index is -0.0505. The first kappa shape index (κ1) is 14.6. The minimum absolute atomic E-state index is 0.0505. The number of hydrogen-bond acceptors (Lipinski definition) is 3. The molecule has 3 atom stereocenters. The fraction of sp³-hybridized carbons (Fsp3) is 0.750. The Hall–Kier alpha value is -1.36. The summed E-state index contributed by atoms with van der Waals surface area (Å²) in [4.78, 5) is 14.7. The molecule has 1 amide bonds. The lowest BCUT2D eigenvalue weighted by Crippen LogP contribution is -2.42. The number of fused-ring (bicyclic) bond motifs is 2. The van der Waals surface area contributed by atoms with Crippen LogP contribution in [0.5, 0.6) is 0 Å². The van der Waals surface area contributed by atoms with E-state index in [1.807, 2.05) is 17.8 Å². The van der Waals surface area contributed by atoms with Crippen LogP contribution in [0, 0.1) is 5.41 Å². The minimum Gasteiger partial charge on any atom is -0.396 e. The molecule has 0 spiro atoms. The molecule has 5 heteroatoms. The van der Waals surface area contributed by atoms with Crippen LogP contribution >= 0.6 is 0 Å². The molecule has 5 nitrogen and oxygen atoms in total. The van der Waals surface area contributed by atoms with Crippen LogP contribution in [-0.4, -0.2) is 44.4 Å². The third kappa shape index (κ3) is 2.27. The van der Waals surface area contributed by atoms with Crippen LogP contribution in [0.15, 0.2) is 12.3 Å². The molecule has 0 radical (unpaired) electrons. The van der Waals surface area contributed by atoms with Crippen LogP contribution in [0.2, 0.25) is 0 Å². The summed E-state index contributed by atoms with van der Waals surface area (Å²) in [6.45, 7) is 2.34. The average Bonchev–Trinajstić information content (AvgIpc) is 3.17. The zero-order chi connectivity index (χ0) is 15.0. The summed E-state index contributed by atoms with van der Waals surface area (Å²) in [7, 11) is 1.91. The van der Waals surface area contributed by atoms with Crippen molar-refractivity contribution >= 4 is 5.91 Å². The van der Waals surface area contributed by atoms with Gasteiger partial charge >= 0.3 is 0 Å². The molecule has 1 aromatic heterocycles. The van der Waals surface area contributed by atoms with Gasteiger partial charge in [0.1, 0.15) is 0 Å². The van der Waals surface area contributed by atoms with Gasteiger partial charge in [0.25, 0.3) is 0 Å². The Kier molecular flexibility index (Phi) is 3.78. The van der Waals surface area contributed by atoms with Gasteiger partial charge in [0.2, 0.25) is 5.91 Å². The summed E-state index contributed by atoms with van der Waals surface area (Å²) in [6.07, 6.45) is 7.13. The highest BCUT2D eigenvalue weighted by atomic mass is 16.3. The normalized spacial score (nSPS) is 31.1. The van der Waals surface area contributed by atoms with Gasteiger partial charge in [-0.2, -0.15) is 5.10 Å². The standard InChI is InChI=1S/C16H25N3O2/c1-3-16(11-20)10-13-4-6-14(16)19(13)15(21)7-5-12-8-9-17-18(12)2/h8-9,13-14,20H,3-7,10-11H2,1-2H3/t13-,14+,16-/m1/s1. The highest BCUT2D eigenvalue weighted by molar-refractivity contribution is 5.78. The van der Waals surface area contributed by atoms with Crippen molar-refractivity contribution in [2.45, 2.75) is 57.5 Å². The molecule has 1 N–H and O–H groups in total. The summed E-state index contributed by atoms with van der Waals surface area (Å²) < 4.78 is 1.83. The molecule has 2 aliphatic rings. The number of carbonyl (C=O) groups is 1. The van der Waals surface area contributed by atoms with E-state index in [9.17, 15) is 9.90 Å². The number of rotatable bonds is 5. The summed E-state index contributed by atoms with van der Waals surface area (Å²) in [5.41, 5.74) is 1.05. The number of hydrogen-bond donors (Lipinski definition) is 1. The van der Waals surface area contributed by atoms with E-state index < -0.39 is 0 Å². The van der Waals surface area contributed by atoms with Gasteiger partial charge in [-0.05, 0) is 38.2 Å². The quantitative estimate of drug-likeness (QED) is 0.894. The zero-order valence-electron chi connectivity index (χ0n) is 13.0. The Morgan fingerprint density at radius 3 is 2.90 bits per heavy atom. The molecular weight excluding hydrogens is 266 g/mol. The van der Waals surface area contributed by atoms with Crippen molar-refractivity contribution in [2.24, 2.45) is 12.5 Å². The molecule has 3 heterocycles. The Morgan fingerprint density at radius 1 is 1.52 bits per heavy atom. The summed E-state index contributed by atoms with van der Waals surface area (Å²) in [5.74, 6) is 0.243. The first-order chi connectivity index (χ1) is 10.1. The fourth-order valence-electron chi connectivity index (χ4n) is 4.34. The Bertz CT molecular complexity index is 521. The van der Waals surface area contributed by atoms with Crippen molar-refractivity contribution in [3.05, 3.63) is 18.0 Å². The topological polar surface area (TPSA) is 58.4 Å². The molecule has 116 valence electrons. The predicted molar refractivity (Wildman–Crippen MR) is 79.6 cm³/mol. The van der Waals surface area contributed by atoms with Crippen LogP contribution in [0.25, 0.3) is 0 Å². The third-order valence-electron chi connectivity index (χ3n) is 5.68. The maximum atomic E-state index is 12.6. The van der Waals surface area contributed by atoms with Crippen molar-refractivity contribution in [3.63, 3.8) is 0 Å². The van der Waals surface area contributed by atoms with Crippen LogP contribution in [0.4, 0.5) is 0 Å². The molecule has 0 saturated carbocycles. The number of aryl methyl sites for hydroxylation is 2. The second kappa shape index (κ2) is 5.44. The van der Waals surface area contributed by atoms with Gasteiger partial charge in [-0.1, -0.05) is 6.92 Å². The Labute approximate surface area is 125 Å². The van der Waals surface area contributed by atoms with E-state index in [4.69, 9.17) is 0 Å². The van der Waals surface area contributed by atoms with E-state index in [2.05, 4.69) is 16.9 Å². The molecule has 2 fully saturated rings.